The van der Waals surface area contributed by atoms with Gasteiger partial charge in [0.05, 0.1) is 11.8 Å². The van der Waals surface area contributed by atoms with Gasteiger partial charge in [0.2, 0.25) is 5.95 Å². The molecule has 0 fully saturated rings. The molecule has 7 nitrogen and oxygen atoms in total. The van der Waals surface area contributed by atoms with Gasteiger partial charge < -0.3 is 15.4 Å². The number of anilines is 3. The fourth-order valence-electron chi connectivity index (χ4n) is 2.38. The molecule has 3 aromatic rings. The Balaban J connectivity index is 1.73. The van der Waals surface area contributed by atoms with Crippen LogP contribution in [-0.2, 0) is 6.18 Å². The van der Waals surface area contributed by atoms with Gasteiger partial charge in [0.15, 0.2) is 0 Å². The van der Waals surface area contributed by atoms with Gasteiger partial charge in [-0.3, -0.25) is 4.79 Å². The number of nitrogens with one attached hydrogen (secondary N) is 2. The summed E-state index contributed by atoms with van der Waals surface area (Å²) in [6.45, 7) is -1.02. The molecule has 0 aromatic carbocycles. The highest BCUT2D eigenvalue weighted by Gasteiger charge is 2.30. The van der Waals surface area contributed by atoms with Gasteiger partial charge >= 0.3 is 6.18 Å². The van der Waals surface area contributed by atoms with E-state index in [0.29, 0.717) is 6.20 Å². The van der Waals surface area contributed by atoms with Crippen molar-refractivity contribution in [2.24, 2.45) is 0 Å². The fraction of sp³-hybridized carbons (Fsp3) is 0.158. The van der Waals surface area contributed by atoms with Gasteiger partial charge in [-0.15, -0.1) is 0 Å². The topological polar surface area (TPSA) is 89.0 Å². The predicted octanol–water partition coefficient (Wildman–Crippen LogP) is 4.67. The zero-order chi connectivity index (χ0) is 23.3. The van der Waals surface area contributed by atoms with E-state index < -0.39 is 36.6 Å². The summed E-state index contributed by atoms with van der Waals surface area (Å²) in [6.07, 6.45) is -4.56. The molecule has 0 radical (unpaired) electrons. The van der Waals surface area contributed by atoms with E-state index in [1.165, 1.54) is 18.3 Å². The second kappa shape index (κ2) is 9.49. The predicted molar refractivity (Wildman–Crippen MR) is 100 cm³/mol. The standard InChI is InChI=1S/C19H13F6N5O2/c20-14(21)9-32-13-6-15(22)27-8-12(13)29-18(31)10-3-4-26-17(5-10)30-16-2-1-11(7-28-16)19(23,24)25/h1-8,14H,9H2,(H,29,31)(H,26,28,30). The maximum Gasteiger partial charge on any atom is 0.417 e. The van der Waals surface area contributed by atoms with Crippen LogP contribution in [-0.4, -0.2) is 33.9 Å². The highest BCUT2D eigenvalue weighted by molar-refractivity contribution is 6.05. The van der Waals surface area contributed by atoms with Gasteiger partial charge in [0.25, 0.3) is 12.3 Å². The fourth-order valence-corrected chi connectivity index (χ4v) is 2.38. The third-order valence-corrected chi connectivity index (χ3v) is 3.81. The van der Waals surface area contributed by atoms with Crippen LogP contribution in [0, 0.1) is 5.95 Å². The van der Waals surface area contributed by atoms with E-state index in [-0.39, 0.29) is 28.6 Å². The Morgan fingerprint density at radius 1 is 1.03 bits per heavy atom. The highest BCUT2D eigenvalue weighted by Crippen LogP contribution is 2.29. The van der Waals surface area contributed by atoms with Gasteiger partial charge in [-0.2, -0.15) is 17.6 Å². The first-order chi connectivity index (χ1) is 15.1. The number of carbonyl (C=O) groups excluding carboxylic acids is 1. The third kappa shape index (κ3) is 6.06. The zero-order valence-electron chi connectivity index (χ0n) is 15.8. The van der Waals surface area contributed by atoms with Crippen molar-refractivity contribution in [1.82, 2.24) is 15.0 Å². The molecule has 0 aliphatic carbocycles. The van der Waals surface area contributed by atoms with E-state index >= 15 is 0 Å². The maximum atomic E-state index is 13.3. The molecule has 2 N–H and O–H groups in total. The number of ether oxygens (including phenoxy) is 1. The quantitative estimate of drug-likeness (QED) is 0.396. The Kier molecular flexibility index (Phi) is 6.76. The first-order valence-corrected chi connectivity index (χ1v) is 8.76. The molecule has 0 bridgehead atoms. The Labute approximate surface area is 176 Å². The van der Waals surface area contributed by atoms with Crippen LogP contribution in [0.15, 0.2) is 48.9 Å². The molecular weight excluding hydrogens is 444 g/mol. The Morgan fingerprint density at radius 2 is 1.81 bits per heavy atom. The van der Waals surface area contributed by atoms with E-state index in [4.69, 9.17) is 4.74 Å². The van der Waals surface area contributed by atoms with Gasteiger partial charge in [0.1, 0.15) is 29.7 Å². The van der Waals surface area contributed by atoms with Crippen LogP contribution < -0.4 is 15.4 Å². The van der Waals surface area contributed by atoms with Gasteiger partial charge in [-0.25, -0.2) is 23.7 Å². The average Bonchev–Trinajstić information content (AvgIpc) is 2.73. The molecule has 168 valence electrons. The Morgan fingerprint density at radius 3 is 2.47 bits per heavy atom. The van der Waals surface area contributed by atoms with E-state index in [9.17, 15) is 31.1 Å². The second-order valence-corrected chi connectivity index (χ2v) is 6.14. The summed E-state index contributed by atoms with van der Waals surface area (Å²) in [4.78, 5) is 23.5. The molecule has 1 amide bonds. The van der Waals surface area contributed by atoms with E-state index in [1.807, 2.05) is 0 Å². The molecule has 0 spiro atoms. The number of rotatable bonds is 7. The van der Waals surface area contributed by atoms with Crippen molar-refractivity contribution in [1.29, 1.82) is 0 Å². The molecular formula is C19H13F6N5O2. The number of nitrogens with zero attached hydrogens (tertiary/aromatic N) is 3. The van der Waals surface area contributed by atoms with Crippen molar-refractivity contribution in [2.75, 3.05) is 17.2 Å². The summed E-state index contributed by atoms with van der Waals surface area (Å²) in [7, 11) is 0. The van der Waals surface area contributed by atoms with Gasteiger partial charge in [0, 0.05) is 24.0 Å². The molecule has 0 aliphatic heterocycles. The minimum Gasteiger partial charge on any atom is -0.485 e. The molecule has 13 heteroatoms. The lowest BCUT2D eigenvalue weighted by molar-refractivity contribution is -0.137. The smallest absolute Gasteiger partial charge is 0.417 e. The lowest BCUT2D eigenvalue weighted by Crippen LogP contribution is -2.15. The van der Waals surface area contributed by atoms with Gasteiger partial charge in [-0.1, -0.05) is 0 Å². The van der Waals surface area contributed by atoms with Crippen LogP contribution in [0.3, 0.4) is 0 Å². The number of hydrogen-bond donors (Lipinski definition) is 2. The highest BCUT2D eigenvalue weighted by atomic mass is 19.4. The first kappa shape index (κ1) is 22.8. The molecule has 0 aliphatic rings. The van der Waals surface area contributed by atoms with Crippen LogP contribution >= 0.6 is 0 Å². The maximum absolute atomic E-state index is 13.3. The van der Waals surface area contributed by atoms with Crippen LogP contribution in [0.25, 0.3) is 0 Å². The summed E-state index contributed by atoms with van der Waals surface area (Å²) < 4.78 is 80.7. The van der Waals surface area contributed by atoms with Crippen LogP contribution in [0.2, 0.25) is 0 Å². The number of hydrogen-bond acceptors (Lipinski definition) is 6. The van der Waals surface area contributed by atoms with Gasteiger partial charge in [-0.05, 0) is 24.3 Å². The Bertz CT molecular complexity index is 1090. The van der Waals surface area contributed by atoms with E-state index in [2.05, 4.69) is 25.6 Å². The molecule has 3 rings (SSSR count). The molecule has 0 atom stereocenters. The molecule has 0 saturated carbocycles. The summed E-state index contributed by atoms with van der Waals surface area (Å²) in [5, 5.41) is 5.01. The van der Waals surface area contributed by atoms with Crippen molar-refractivity contribution in [2.45, 2.75) is 12.6 Å². The summed E-state index contributed by atoms with van der Waals surface area (Å²) in [5.41, 5.74) is -1.03. The van der Waals surface area contributed by atoms with E-state index in [0.717, 1.165) is 24.4 Å². The zero-order valence-corrected chi connectivity index (χ0v) is 15.8. The number of pyridine rings is 3. The number of amides is 1. The third-order valence-electron chi connectivity index (χ3n) is 3.81. The summed E-state index contributed by atoms with van der Waals surface area (Å²) >= 11 is 0. The molecule has 32 heavy (non-hydrogen) atoms. The number of carbonyl (C=O) groups is 1. The van der Waals surface area contributed by atoms with Crippen molar-refractivity contribution in [3.63, 3.8) is 0 Å². The van der Waals surface area contributed by atoms with Crippen LogP contribution in [0.1, 0.15) is 15.9 Å². The van der Waals surface area contributed by atoms with Crippen molar-refractivity contribution >= 4 is 23.2 Å². The molecule has 3 aromatic heterocycles. The molecule has 0 unspecified atom stereocenters. The monoisotopic (exact) mass is 457 g/mol. The second-order valence-electron chi connectivity index (χ2n) is 6.14. The minimum absolute atomic E-state index is 0.0403. The summed E-state index contributed by atoms with van der Waals surface area (Å²) in [6, 6.07) is 5.25. The number of alkyl halides is 5. The number of aromatic nitrogens is 3. The number of halogens is 6. The largest absolute Gasteiger partial charge is 0.485 e. The van der Waals surface area contributed by atoms with Crippen LogP contribution in [0.4, 0.5) is 43.7 Å². The van der Waals surface area contributed by atoms with Crippen molar-refractivity contribution in [3.8, 4) is 5.75 Å². The lowest BCUT2D eigenvalue weighted by Gasteiger charge is -2.12. The van der Waals surface area contributed by atoms with Crippen molar-refractivity contribution < 1.29 is 35.9 Å². The first-order valence-electron chi connectivity index (χ1n) is 8.76. The minimum atomic E-state index is -4.53. The normalized spacial score (nSPS) is 11.3. The molecule has 3 heterocycles. The summed E-state index contributed by atoms with van der Waals surface area (Å²) in [5.74, 6) is -1.92. The SMILES string of the molecule is O=C(Nc1cnc(F)cc1OCC(F)F)c1ccnc(Nc2ccc(C(F)(F)F)cn2)c1. The molecule has 0 saturated heterocycles. The Hall–Kier alpha value is -3.90. The lowest BCUT2D eigenvalue weighted by atomic mass is 10.2. The van der Waals surface area contributed by atoms with E-state index in [1.54, 1.807) is 0 Å². The van der Waals surface area contributed by atoms with Crippen LogP contribution in [0.5, 0.6) is 5.75 Å². The van der Waals surface area contributed by atoms with Crippen molar-refractivity contribution in [3.05, 3.63) is 66.0 Å². The average molecular weight is 457 g/mol.